The van der Waals surface area contributed by atoms with Gasteiger partial charge < -0.3 is 10.2 Å². The number of anilines is 1. The average Bonchev–Trinajstić information content (AvgIpc) is 2.38. The van der Waals surface area contributed by atoms with Crippen LogP contribution in [0.15, 0.2) is 18.2 Å². The van der Waals surface area contributed by atoms with Gasteiger partial charge in [-0.15, -0.1) is 0 Å². The van der Waals surface area contributed by atoms with Crippen molar-refractivity contribution in [3.05, 3.63) is 29.8 Å². The maximum absolute atomic E-state index is 13.9. The highest BCUT2D eigenvalue weighted by Crippen LogP contribution is 2.31. The molecule has 0 unspecified atom stereocenters. The number of halogens is 2. The third-order valence-corrected chi connectivity index (χ3v) is 4.11. The van der Waals surface area contributed by atoms with Crippen molar-refractivity contribution in [2.24, 2.45) is 0 Å². The number of piperazine rings is 1. The van der Waals surface area contributed by atoms with E-state index in [1.54, 1.807) is 6.07 Å². The second kappa shape index (κ2) is 4.84. The van der Waals surface area contributed by atoms with Crippen LogP contribution >= 0.6 is 0 Å². The van der Waals surface area contributed by atoms with Gasteiger partial charge in [0.2, 0.25) is 0 Å². The van der Waals surface area contributed by atoms with Crippen LogP contribution in [0.4, 0.5) is 14.5 Å². The Bertz CT molecular complexity index is 434. The van der Waals surface area contributed by atoms with E-state index in [2.05, 4.69) is 10.2 Å². The first kappa shape index (κ1) is 11.9. The summed E-state index contributed by atoms with van der Waals surface area (Å²) in [5.41, 5.74) is 0.551. The fourth-order valence-corrected chi connectivity index (χ4v) is 3.27. The molecule has 0 aromatic heterocycles. The molecule has 1 N–H and O–H groups in total. The largest absolute Gasteiger partial charge is 0.363 e. The molecule has 0 radical (unpaired) electrons. The van der Waals surface area contributed by atoms with Crippen LogP contribution in [0.1, 0.15) is 25.7 Å². The van der Waals surface area contributed by atoms with Gasteiger partial charge in [-0.05, 0) is 25.0 Å². The van der Waals surface area contributed by atoms with Crippen molar-refractivity contribution < 1.29 is 8.78 Å². The van der Waals surface area contributed by atoms with E-state index in [1.165, 1.54) is 18.9 Å². The molecule has 1 aromatic carbocycles. The van der Waals surface area contributed by atoms with Gasteiger partial charge in [0, 0.05) is 31.2 Å². The molecular weight excluding hydrogens is 234 g/mol. The number of nitrogens with zero attached hydrogens (tertiary/aromatic N) is 1. The van der Waals surface area contributed by atoms with Crippen LogP contribution < -0.4 is 10.2 Å². The molecule has 0 amide bonds. The normalized spacial score (nSPS) is 28.0. The molecule has 3 rings (SSSR count). The summed E-state index contributed by atoms with van der Waals surface area (Å²) in [5.74, 6) is -0.951. The summed E-state index contributed by atoms with van der Waals surface area (Å²) in [7, 11) is 0. The fourth-order valence-electron chi connectivity index (χ4n) is 3.27. The molecule has 98 valence electrons. The minimum absolute atomic E-state index is 0.354. The zero-order chi connectivity index (χ0) is 12.5. The molecular formula is C14H18F2N2. The Morgan fingerprint density at radius 2 is 2.00 bits per heavy atom. The quantitative estimate of drug-likeness (QED) is 0.826. The van der Waals surface area contributed by atoms with Gasteiger partial charge in [0.05, 0.1) is 5.69 Å². The van der Waals surface area contributed by atoms with E-state index in [0.29, 0.717) is 17.8 Å². The van der Waals surface area contributed by atoms with E-state index < -0.39 is 11.6 Å². The molecule has 4 heteroatoms. The monoisotopic (exact) mass is 252 g/mol. The van der Waals surface area contributed by atoms with Crippen LogP contribution in [-0.2, 0) is 0 Å². The van der Waals surface area contributed by atoms with Gasteiger partial charge in [-0.1, -0.05) is 12.8 Å². The minimum Gasteiger partial charge on any atom is -0.363 e. The second-order valence-corrected chi connectivity index (χ2v) is 5.20. The molecule has 2 nitrogen and oxygen atoms in total. The summed E-state index contributed by atoms with van der Waals surface area (Å²) >= 11 is 0. The highest BCUT2D eigenvalue weighted by Gasteiger charge is 2.34. The SMILES string of the molecule is Fc1ccc(N2CCN[C@@H]3CCCC[C@@H]32)c(F)c1. The number of benzene rings is 1. The van der Waals surface area contributed by atoms with Crippen molar-refractivity contribution in [3.8, 4) is 0 Å². The maximum atomic E-state index is 13.9. The van der Waals surface area contributed by atoms with Crippen molar-refractivity contribution in [3.63, 3.8) is 0 Å². The molecule has 1 saturated carbocycles. The molecule has 1 saturated heterocycles. The molecule has 0 bridgehead atoms. The zero-order valence-corrected chi connectivity index (χ0v) is 10.3. The van der Waals surface area contributed by atoms with Crippen LogP contribution in [0, 0.1) is 11.6 Å². The van der Waals surface area contributed by atoms with Crippen molar-refractivity contribution in [2.75, 3.05) is 18.0 Å². The first-order valence-corrected chi connectivity index (χ1v) is 6.71. The Kier molecular flexibility index (Phi) is 3.20. The first-order valence-electron chi connectivity index (χ1n) is 6.71. The molecule has 1 heterocycles. The average molecular weight is 252 g/mol. The lowest BCUT2D eigenvalue weighted by Crippen LogP contribution is -2.59. The molecule has 2 atom stereocenters. The number of rotatable bonds is 1. The van der Waals surface area contributed by atoms with Gasteiger partial charge in [-0.25, -0.2) is 8.78 Å². The van der Waals surface area contributed by atoms with Crippen LogP contribution in [0.5, 0.6) is 0 Å². The minimum atomic E-state index is -0.508. The van der Waals surface area contributed by atoms with E-state index in [9.17, 15) is 8.78 Å². The number of hydrogen-bond donors (Lipinski definition) is 1. The molecule has 0 spiro atoms. The van der Waals surface area contributed by atoms with E-state index in [1.807, 2.05) is 0 Å². The standard InChI is InChI=1S/C14H18F2N2/c15-10-5-6-13(11(16)9-10)18-8-7-17-12-3-1-2-4-14(12)18/h5-6,9,12,14,17H,1-4,7-8H2/t12-,14+/m1/s1. The summed E-state index contributed by atoms with van der Waals surface area (Å²) in [5, 5.41) is 3.51. The predicted octanol–water partition coefficient (Wildman–Crippen LogP) is 2.69. The lowest BCUT2D eigenvalue weighted by Gasteiger charge is -2.46. The van der Waals surface area contributed by atoms with E-state index in [0.717, 1.165) is 32.0 Å². The molecule has 1 aliphatic carbocycles. The highest BCUT2D eigenvalue weighted by molar-refractivity contribution is 5.50. The topological polar surface area (TPSA) is 15.3 Å². The maximum Gasteiger partial charge on any atom is 0.149 e. The van der Waals surface area contributed by atoms with Gasteiger partial charge in [0.25, 0.3) is 0 Å². The van der Waals surface area contributed by atoms with Crippen molar-refractivity contribution in [1.82, 2.24) is 5.32 Å². The molecule has 1 aromatic rings. The van der Waals surface area contributed by atoms with Crippen LogP contribution in [0.3, 0.4) is 0 Å². The molecule has 2 fully saturated rings. The Morgan fingerprint density at radius 3 is 2.83 bits per heavy atom. The Balaban J connectivity index is 1.89. The predicted molar refractivity (Wildman–Crippen MR) is 67.8 cm³/mol. The lowest BCUT2D eigenvalue weighted by atomic mass is 9.87. The Hall–Kier alpha value is -1.16. The Labute approximate surface area is 106 Å². The van der Waals surface area contributed by atoms with Gasteiger partial charge in [0.15, 0.2) is 0 Å². The number of hydrogen-bond acceptors (Lipinski definition) is 2. The zero-order valence-electron chi connectivity index (χ0n) is 10.3. The highest BCUT2D eigenvalue weighted by atomic mass is 19.1. The third-order valence-electron chi connectivity index (χ3n) is 4.11. The summed E-state index contributed by atoms with van der Waals surface area (Å²) in [6.07, 6.45) is 4.69. The molecule has 2 aliphatic rings. The van der Waals surface area contributed by atoms with Crippen molar-refractivity contribution in [2.45, 2.75) is 37.8 Å². The smallest absolute Gasteiger partial charge is 0.149 e. The summed E-state index contributed by atoms with van der Waals surface area (Å²) in [4.78, 5) is 2.12. The van der Waals surface area contributed by atoms with E-state index in [4.69, 9.17) is 0 Å². The van der Waals surface area contributed by atoms with Crippen LogP contribution in [0.2, 0.25) is 0 Å². The first-order chi connectivity index (χ1) is 8.75. The molecule has 18 heavy (non-hydrogen) atoms. The number of nitrogens with one attached hydrogen (secondary N) is 1. The van der Waals surface area contributed by atoms with Crippen molar-refractivity contribution in [1.29, 1.82) is 0 Å². The molecule has 1 aliphatic heterocycles. The lowest BCUT2D eigenvalue weighted by molar-refractivity contribution is 0.282. The fraction of sp³-hybridized carbons (Fsp3) is 0.571. The van der Waals surface area contributed by atoms with E-state index >= 15 is 0 Å². The summed E-state index contributed by atoms with van der Waals surface area (Å²) in [6, 6.07) is 4.71. The van der Waals surface area contributed by atoms with Crippen molar-refractivity contribution >= 4 is 5.69 Å². The summed E-state index contributed by atoms with van der Waals surface area (Å²) < 4.78 is 26.9. The summed E-state index contributed by atoms with van der Waals surface area (Å²) in [6.45, 7) is 1.67. The van der Waals surface area contributed by atoms with Gasteiger partial charge >= 0.3 is 0 Å². The third kappa shape index (κ3) is 2.09. The van der Waals surface area contributed by atoms with E-state index in [-0.39, 0.29) is 0 Å². The van der Waals surface area contributed by atoms with Crippen LogP contribution in [0.25, 0.3) is 0 Å². The Morgan fingerprint density at radius 1 is 1.17 bits per heavy atom. The van der Waals surface area contributed by atoms with Gasteiger partial charge in [-0.2, -0.15) is 0 Å². The number of fused-ring (bicyclic) bond motifs is 1. The second-order valence-electron chi connectivity index (χ2n) is 5.20. The van der Waals surface area contributed by atoms with Gasteiger partial charge in [-0.3, -0.25) is 0 Å². The van der Waals surface area contributed by atoms with Gasteiger partial charge in [0.1, 0.15) is 11.6 Å². The van der Waals surface area contributed by atoms with Crippen LogP contribution in [-0.4, -0.2) is 25.2 Å².